The molecular formula is C16H26FN3. The van der Waals surface area contributed by atoms with Crippen molar-refractivity contribution in [2.75, 3.05) is 18.0 Å². The van der Waals surface area contributed by atoms with Crippen molar-refractivity contribution >= 4 is 5.82 Å². The summed E-state index contributed by atoms with van der Waals surface area (Å²) in [7, 11) is 0. The number of rotatable bonds is 6. The van der Waals surface area contributed by atoms with Gasteiger partial charge < -0.3 is 10.2 Å². The number of pyridine rings is 1. The highest BCUT2D eigenvalue weighted by atomic mass is 19.1. The summed E-state index contributed by atoms with van der Waals surface area (Å²) >= 11 is 0. The molecule has 0 aliphatic carbocycles. The van der Waals surface area contributed by atoms with E-state index in [0.717, 1.165) is 30.9 Å². The fourth-order valence-corrected chi connectivity index (χ4v) is 3.01. The molecule has 2 heterocycles. The van der Waals surface area contributed by atoms with E-state index in [1.54, 1.807) is 6.07 Å². The van der Waals surface area contributed by atoms with Crippen LogP contribution in [0.15, 0.2) is 12.3 Å². The average Bonchev–Trinajstić information content (AvgIpc) is 2.88. The van der Waals surface area contributed by atoms with E-state index in [1.807, 2.05) is 0 Å². The minimum absolute atomic E-state index is 0.248. The highest BCUT2D eigenvalue weighted by Crippen LogP contribution is 2.30. The van der Waals surface area contributed by atoms with Crippen LogP contribution in [0.5, 0.6) is 0 Å². The van der Waals surface area contributed by atoms with Crippen LogP contribution >= 0.6 is 0 Å². The van der Waals surface area contributed by atoms with Gasteiger partial charge in [-0.15, -0.1) is 0 Å². The van der Waals surface area contributed by atoms with Crippen molar-refractivity contribution in [1.29, 1.82) is 0 Å². The van der Waals surface area contributed by atoms with E-state index >= 15 is 0 Å². The Morgan fingerprint density at radius 2 is 2.30 bits per heavy atom. The lowest BCUT2D eigenvalue weighted by molar-refractivity contribution is 0.487. The second-order valence-corrected chi connectivity index (χ2v) is 5.96. The van der Waals surface area contributed by atoms with Crippen molar-refractivity contribution in [2.24, 2.45) is 5.92 Å². The molecule has 0 saturated carbocycles. The van der Waals surface area contributed by atoms with Gasteiger partial charge in [0.25, 0.3) is 0 Å². The van der Waals surface area contributed by atoms with Crippen molar-refractivity contribution in [1.82, 2.24) is 10.3 Å². The second-order valence-electron chi connectivity index (χ2n) is 5.96. The van der Waals surface area contributed by atoms with E-state index in [-0.39, 0.29) is 5.82 Å². The number of anilines is 1. The lowest BCUT2D eigenvalue weighted by Gasteiger charge is -2.30. The Balaban J connectivity index is 2.21. The van der Waals surface area contributed by atoms with Gasteiger partial charge in [-0.2, -0.15) is 0 Å². The largest absolute Gasteiger partial charge is 0.353 e. The Hall–Kier alpha value is -1.16. The lowest BCUT2D eigenvalue weighted by Crippen LogP contribution is -2.35. The van der Waals surface area contributed by atoms with Crippen molar-refractivity contribution in [2.45, 2.75) is 52.6 Å². The van der Waals surface area contributed by atoms with Crippen LogP contribution in [-0.4, -0.2) is 24.1 Å². The first kappa shape index (κ1) is 15.2. The van der Waals surface area contributed by atoms with Crippen LogP contribution in [0.25, 0.3) is 0 Å². The molecule has 1 aliphatic heterocycles. The van der Waals surface area contributed by atoms with Crippen molar-refractivity contribution in [3.8, 4) is 0 Å². The van der Waals surface area contributed by atoms with E-state index in [1.165, 1.54) is 19.0 Å². The van der Waals surface area contributed by atoms with Crippen LogP contribution in [0, 0.1) is 11.7 Å². The van der Waals surface area contributed by atoms with Gasteiger partial charge in [0, 0.05) is 24.7 Å². The third-order valence-electron chi connectivity index (χ3n) is 3.99. The van der Waals surface area contributed by atoms with Crippen LogP contribution in [0.2, 0.25) is 0 Å². The Kier molecular flexibility index (Phi) is 5.35. The molecule has 1 unspecified atom stereocenters. The Morgan fingerprint density at radius 3 is 3.00 bits per heavy atom. The molecule has 20 heavy (non-hydrogen) atoms. The molecule has 0 spiro atoms. The first-order valence-electron chi connectivity index (χ1n) is 7.75. The third-order valence-corrected chi connectivity index (χ3v) is 3.99. The second kappa shape index (κ2) is 7.02. The predicted molar refractivity (Wildman–Crippen MR) is 81.4 cm³/mol. The summed E-state index contributed by atoms with van der Waals surface area (Å²) in [5.41, 5.74) is 0.978. The van der Waals surface area contributed by atoms with E-state index in [4.69, 9.17) is 0 Å². The summed E-state index contributed by atoms with van der Waals surface area (Å²) in [4.78, 5) is 6.75. The molecule has 1 aromatic rings. The molecule has 1 fully saturated rings. The normalized spacial score (nSPS) is 19.1. The van der Waals surface area contributed by atoms with Crippen molar-refractivity contribution in [3.63, 3.8) is 0 Å². The Morgan fingerprint density at radius 1 is 1.50 bits per heavy atom. The number of aromatic nitrogens is 1. The first-order chi connectivity index (χ1) is 9.63. The number of hydrogen-bond donors (Lipinski definition) is 1. The molecule has 1 N–H and O–H groups in total. The standard InChI is InChI=1S/C16H26FN3/c1-4-7-18-10-13-9-14(17)11-19-16(13)20-8-5-6-15(20)12(2)3/h9,11-12,15,18H,4-8,10H2,1-3H3. The number of nitrogens with one attached hydrogen (secondary N) is 1. The van der Waals surface area contributed by atoms with Crippen LogP contribution in [0.1, 0.15) is 45.6 Å². The summed E-state index contributed by atoms with van der Waals surface area (Å²) in [5, 5.41) is 3.35. The predicted octanol–water partition coefficient (Wildman–Crippen LogP) is 3.35. The van der Waals surface area contributed by atoms with Gasteiger partial charge in [0.15, 0.2) is 0 Å². The molecule has 0 amide bonds. The molecule has 0 aromatic carbocycles. The maximum Gasteiger partial charge on any atom is 0.141 e. The third kappa shape index (κ3) is 3.48. The smallest absolute Gasteiger partial charge is 0.141 e. The molecule has 2 rings (SSSR count). The van der Waals surface area contributed by atoms with Gasteiger partial charge in [-0.1, -0.05) is 20.8 Å². The van der Waals surface area contributed by atoms with Crippen LogP contribution in [0.3, 0.4) is 0 Å². The van der Waals surface area contributed by atoms with Crippen molar-refractivity contribution in [3.05, 3.63) is 23.6 Å². The minimum atomic E-state index is -0.248. The number of nitrogens with zero attached hydrogens (tertiary/aromatic N) is 2. The minimum Gasteiger partial charge on any atom is -0.353 e. The van der Waals surface area contributed by atoms with Gasteiger partial charge in [-0.25, -0.2) is 9.37 Å². The van der Waals surface area contributed by atoms with Gasteiger partial charge >= 0.3 is 0 Å². The first-order valence-corrected chi connectivity index (χ1v) is 7.75. The zero-order valence-corrected chi connectivity index (χ0v) is 12.8. The molecule has 1 saturated heterocycles. The lowest BCUT2D eigenvalue weighted by atomic mass is 10.0. The SMILES string of the molecule is CCCNCc1cc(F)cnc1N1CCCC1C(C)C. The van der Waals surface area contributed by atoms with E-state index < -0.39 is 0 Å². The molecule has 1 aliphatic rings. The Bertz CT molecular complexity index is 434. The fourth-order valence-electron chi connectivity index (χ4n) is 3.01. The van der Waals surface area contributed by atoms with Crippen LogP contribution in [-0.2, 0) is 6.54 Å². The molecule has 0 bridgehead atoms. The van der Waals surface area contributed by atoms with Gasteiger partial charge in [0.1, 0.15) is 11.6 Å². The molecule has 0 radical (unpaired) electrons. The van der Waals surface area contributed by atoms with Gasteiger partial charge in [-0.3, -0.25) is 0 Å². The van der Waals surface area contributed by atoms with E-state index in [2.05, 4.69) is 36.0 Å². The molecule has 4 heteroatoms. The summed E-state index contributed by atoms with van der Waals surface area (Å²) < 4.78 is 13.5. The maximum absolute atomic E-state index is 13.5. The Labute approximate surface area is 121 Å². The topological polar surface area (TPSA) is 28.2 Å². The summed E-state index contributed by atoms with van der Waals surface area (Å²) in [6.45, 7) is 9.30. The van der Waals surface area contributed by atoms with E-state index in [9.17, 15) is 4.39 Å². The van der Waals surface area contributed by atoms with Gasteiger partial charge in [-0.05, 0) is 37.8 Å². The summed E-state index contributed by atoms with van der Waals surface area (Å²) in [6, 6.07) is 2.15. The fraction of sp³-hybridized carbons (Fsp3) is 0.688. The van der Waals surface area contributed by atoms with Crippen molar-refractivity contribution < 1.29 is 4.39 Å². The molecule has 1 aromatic heterocycles. The van der Waals surface area contributed by atoms with Gasteiger partial charge in [0.2, 0.25) is 0 Å². The number of hydrogen-bond acceptors (Lipinski definition) is 3. The quantitative estimate of drug-likeness (QED) is 0.809. The monoisotopic (exact) mass is 279 g/mol. The highest BCUT2D eigenvalue weighted by Gasteiger charge is 2.29. The maximum atomic E-state index is 13.5. The molecule has 1 atom stereocenters. The molecule has 112 valence electrons. The molecule has 3 nitrogen and oxygen atoms in total. The zero-order valence-electron chi connectivity index (χ0n) is 12.8. The van der Waals surface area contributed by atoms with Crippen LogP contribution < -0.4 is 10.2 Å². The van der Waals surface area contributed by atoms with Gasteiger partial charge in [0.05, 0.1) is 6.20 Å². The van der Waals surface area contributed by atoms with Crippen LogP contribution in [0.4, 0.5) is 10.2 Å². The highest BCUT2D eigenvalue weighted by molar-refractivity contribution is 5.49. The summed E-state index contributed by atoms with van der Waals surface area (Å²) in [5.74, 6) is 1.31. The van der Waals surface area contributed by atoms with E-state index in [0.29, 0.717) is 18.5 Å². The number of halogens is 1. The average molecular weight is 279 g/mol. The molecular weight excluding hydrogens is 253 g/mol. The summed E-state index contributed by atoms with van der Waals surface area (Å²) in [6.07, 6.45) is 4.83. The zero-order chi connectivity index (χ0) is 14.5.